The quantitative estimate of drug-likeness (QED) is 0.591. The molecule has 1 heterocycles. The van der Waals surface area contributed by atoms with E-state index < -0.39 is 0 Å². The Morgan fingerprint density at radius 3 is 3.00 bits per heavy atom. The van der Waals surface area contributed by atoms with Crippen LogP contribution in [-0.4, -0.2) is 27.1 Å². The fraction of sp³-hybridized carbons (Fsp3) is 0.385. The summed E-state index contributed by atoms with van der Waals surface area (Å²) < 4.78 is 8.76. The molecule has 1 aromatic carbocycles. The lowest BCUT2D eigenvalue weighted by molar-refractivity contribution is 0.343. The summed E-state index contributed by atoms with van der Waals surface area (Å²) in [7, 11) is 0. The Balaban J connectivity index is 1.79. The summed E-state index contributed by atoms with van der Waals surface area (Å²) in [4.78, 5) is 0. The van der Waals surface area contributed by atoms with Crippen molar-refractivity contribution in [1.82, 2.24) is 14.8 Å². The maximum atomic E-state index is 5.68. The highest BCUT2D eigenvalue weighted by Crippen LogP contribution is 2.20. The molecule has 6 heteroatoms. The van der Waals surface area contributed by atoms with Gasteiger partial charge in [0.2, 0.25) is 0 Å². The second kappa shape index (κ2) is 6.96. The van der Waals surface area contributed by atoms with Crippen molar-refractivity contribution in [2.45, 2.75) is 25.0 Å². The first kappa shape index (κ1) is 14.4. The highest BCUT2D eigenvalue weighted by Gasteiger charge is 2.07. The third-order valence-corrected chi connectivity index (χ3v) is 3.89. The monoisotopic (exact) mass is 341 g/mol. The second-order valence-electron chi connectivity index (χ2n) is 4.27. The smallest absolute Gasteiger partial charge is 0.191 e. The molecular formula is C13H16BrN3OS. The van der Waals surface area contributed by atoms with E-state index in [0.29, 0.717) is 12.6 Å². The summed E-state index contributed by atoms with van der Waals surface area (Å²) in [5, 5.41) is 8.98. The summed E-state index contributed by atoms with van der Waals surface area (Å²) >= 11 is 5.08. The van der Waals surface area contributed by atoms with Gasteiger partial charge < -0.3 is 9.30 Å². The number of nitrogens with zero attached hydrogens (tertiary/aromatic N) is 3. The minimum Gasteiger partial charge on any atom is -0.493 e. The van der Waals surface area contributed by atoms with Crippen molar-refractivity contribution in [1.29, 1.82) is 0 Å². The van der Waals surface area contributed by atoms with Crippen LogP contribution in [0.3, 0.4) is 0 Å². The zero-order valence-corrected chi connectivity index (χ0v) is 13.3. The fourth-order valence-electron chi connectivity index (χ4n) is 1.54. The molecule has 0 atom stereocenters. The largest absolute Gasteiger partial charge is 0.493 e. The van der Waals surface area contributed by atoms with Gasteiger partial charge in [-0.25, -0.2) is 0 Å². The number of hydrogen-bond acceptors (Lipinski definition) is 4. The van der Waals surface area contributed by atoms with Crippen LogP contribution in [0.25, 0.3) is 0 Å². The highest BCUT2D eigenvalue weighted by molar-refractivity contribution is 9.10. The van der Waals surface area contributed by atoms with Crippen molar-refractivity contribution in [2.24, 2.45) is 0 Å². The number of benzene rings is 1. The Bertz CT molecular complexity index is 530. The molecule has 0 bridgehead atoms. The van der Waals surface area contributed by atoms with Crippen molar-refractivity contribution in [2.75, 3.05) is 12.4 Å². The Morgan fingerprint density at radius 2 is 2.26 bits per heavy atom. The molecule has 0 saturated heterocycles. The molecule has 19 heavy (non-hydrogen) atoms. The van der Waals surface area contributed by atoms with E-state index in [1.54, 1.807) is 18.1 Å². The van der Waals surface area contributed by atoms with E-state index in [1.165, 1.54) is 0 Å². The highest BCUT2D eigenvalue weighted by atomic mass is 79.9. The van der Waals surface area contributed by atoms with E-state index in [0.717, 1.165) is 21.1 Å². The summed E-state index contributed by atoms with van der Waals surface area (Å²) in [6.07, 6.45) is 1.77. The van der Waals surface area contributed by atoms with Gasteiger partial charge in [0.05, 0.1) is 6.61 Å². The summed E-state index contributed by atoms with van der Waals surface area (Å²) in [6, 6.07) is 8.23. The number of rotatable bonds is 6. The lowest BCUT2D eigenvalue weighted by Gasteiger charge is -2.09. The molecule has 0 aliphatic heterocycles. The van der Waals surface area contributed by atoms with Gasteiger partial charge in [-0.3, -0.25) is 0 Å². The number of aromatic nitrogens is 3. The first-order valence-corrected chi connectivity index (χ1v) is 7.85. The van der Waals surface area contributed by atoms with Crippen molar-refractivity contribution in [3.8, 4) is 5.75 Å². The SMILES string of the molecule is CC(C)n1cnnc1SCCOc1cccc(Br)c1. The van der Waals surface area contributed by atoms with Crippen LogP contribution in [0.5, 0.6) is 5.75 Å². The van der Waals surface area contributed by atoms with E-state index in [1.807, 2.05) is 24.3 Å². The van der Waals surface area contributed by atoms with Gasteiger partial charge in [0.25, 0.3) is 0 Å². The Morgan fingerprint density at radius 1 is 1.42 bits per heavy atom. The predicted octanol–water partition coefficient (Wildman–Crippen LogP) is 3.79. The van der Waals surface area contributed by atoms with Crippen LogP contribution in [0.2, 0.25) is 0 Å². The molecule has 0 aliphatic rings. The summed E-state index contributed by atoms with van der Waals surface area (Å²) in [6.45, 7) is 4.88. The van der Waals surface area contributed by atoms with Gasteiger partial charge in [0, 0.05) is 16.3 Å². The lowest BCUT2D eigenvalue weighted by Crippen LogP contribution is -2.04. The maximum Gasteiger partial charge on any atom is 0.191 e. The van der Waals surface area contributed by atoms with Crippen LogP contribution in [-0.2, 0) is 0 Å². The second-order valence-corrected chi connectivity index (χ2v) is 6.25. The van der Waals surface area contributed by atoms with Crippen LogP contribution in [0.4, 0.5) is 0 Å². The van der Waals surface area contributed by atoms with E-state index >= 15 is 0 Å². The predicted molar refractivity (Wildman–Crippen MR) is 80.8 cm³/mol. The molecule has 0 N–H and O–H groups in total. The van der Waals surface area contributed by atoms with Gasteiger partial charge in [-0.15, -0.1) is 10.2 Å². The fourth-order valence-corrected chi connectivity index (χ4v) is 2.78. The Labute approximate surface area is 125 Å². The zero-order valence-electron chi connectivity index (χ0n) is 10.9. The van der Waals surface area contributed by atoms with Gasteiger partial charge in [-0.1, -0.05) is 33.8 Å². The molecule has 4 nitrogen and oxygen atoms in total. The molecular weight excluding hydrogens is 326 g/mol. The van der Waals surface area contributed by atoms with Gasteiger partial charge in [0.1, 0.15) is 12.1 Å². The molecule has 0 fully saturated rings. The first-order chi connectivity index (χ1) is 9.16. The Hall–Kier alpha value is -1.01. The molecule has 0 spiro atoms. The van der Waals surface area contributed by atoms with Crippen molar-refractivity contribution >= 4 is 27.7 Å². The van der Waals surface area contributed by atoms with Gasteiger partial charge in [-0.05, 0) is 32.0 Å². The standard InChI is InChI=1S/C13H16BrN3OS/c1-10(2)17-9-15-16-13(17)19-7-6-18-12-5-3-4-11(14)8-12/h3-5,8-10H,6-7H2,1-2H3. The average Bonchev–Trinajstić information content (AvgIpc) is 2.83. The Kier molecular flexibility index (Phi) is 5.27. The van der Waals surface area contributed by atoms with Crippen molar-refractivity contribution in [3.63, 3.8) is 0 Å². The number of ether oxygens (including phenoxy) is 1. The third-order valence-electron chi connectivity index (χ3n) is 2.48. The van der Waals surface area contributed by atoms with E-state index in [-0.39, 0.29) is 0 Å². The van der Waals surface area contributed by atoms with E-state index in [9.17, 15) is 0 Å². The molecule has 1 aromatic heterocycles. The topological polar surface area (TPSA) is 39.9 Å². The van der Waals surface area contributed by atoms with Gasteiger partial charge in [0.15, 0.2) is 5.16 Å². The number of halogens is 1. The maximum absolute atomic E-state index is 5.68. The summed E-state index contributed by atoms with van der Waals surface area (Å²) in [5.41, 5.74) is 0. The minimum atomic E-state index is 0.378. The average molecular weight is 342 g/mol. The van der Waals surface area contributed by atoms with Crippen LogP contribution in [0, 0.1) is 0 Å². The van der Waals surface area contributed by atoms with Gasteiger partial charge >= 0.3 is 0 Å². The molecule has 2 aromatic rings. The molecule has 2 rings (SSSR count). The van der Waals surface area contributed by atoms with Crippen molar-refractivity contribution in [3.05, 3.63) is 35.1 Å². The number of hydrogen-bond donors (Lipinski definition) is 0. The molecule has 0 amide bonds. The van der Waals surface area contributed by atoms with Crippen molar-refractivity contribution < 1.29 is 4.74 Å². The minimum absolute atomic E-state index is 0.378. The lowest BCUT2D eigenvalue weighted by atomic mass is 10.3. The normalized spacial score (nSPS) is 10.9. The molecule has 0 radical (unpaired) electrons. The number of thioether (sulfide) groups is 1. The summed E-state index contributed by atoms with van der Waals surface area (Å²) in [5.74, 6) is 1.72. The van der Waals surface area contributed by atoms with Gasteiger partial charge in [-0.2, -0.15) is 0 Å². The first-order valence-electron chi connectivity index (χ1n) is 6.07. The van der Waals surface area contributed by atoms with Crippen LogP contribution >= 0.6 is 27.7 Å². The van der Waals surface area contributed by atoms with Crippen LogP contribution < -0.4 is 4.74 Å². The molecule has 0 unspecified atom stereocenters. The third kappa shape index (κ3) is 4.24. The van der Waals surface area contributed by atoms with E-state index in [2.05, 4.69) is 44.5 Å². The molecule has 0 saturated carbocycles. The van der Waals surface area contributed by atoms with E-state index in [4.69, 9.17) is 4.74 Å². The van der Waals surface area contributed by atoms with Crippen LogP contribution in [0.15, 0.2) is 40.2 Å². The van der Waals surface area contributed by atoms with Crippen LogP contribution in [0.1, 0.15) is 19.9 Å². The molecule has 102 valence electrons. The zero-order chi connectivity index (χ0) is 13.7. The molecule has 0 aliphatic carbocycles.